The van der Waals surface area contributed by atoms with E-state index in [0.29, 0.717) is 36.3 Å². The molecule has 0 aromatic heterocycles. The molecule has 1 unspecified atom stereocenters. The van der Waals surface area contributed by atoms with E-state index in [0.717, 1.165) is 63.6 Å². The minimum absolute atomic E-state index is 0.102. The van der Waals surface area contributed by atoms with E-state index in [9.17, 15) is 32.2 Å². The summed E-state index contributed by atoms with van der Waals surface area (Å²) in [5, 5.41) is 21.0. The highest BCUT2D eigenvalue weighted by Crippen LogP contribution is 2.62. The molecule has 2 N–H and O–H groups in total. The van der Waals surface area contributed by atoms with E-state index in [2.05, 4.69) is 17.9 Å². The van der Waals surface area contributed by atoms with Gasteiger partial charge in [-0.1, -0.05) is 13.0 Å². The fourth-order valence-electron chi connectivity index (χ4n) is 8.19. The first kappa shape index (κ1) is 33.8. The maximum absolute atomic E-state index is 15.5. The number of phenols is 1. The average molecular weight is 624 g/mol. The first-order valence-corrected chi connectivity index (χ1v) is 16.7. The molecule has 0 amide bonds. The van der Waals surface area contributed by atoms with E-state index >= 15 is 4.39 Å². The Balaban J connectivity index is 1.20. The molecule has 4 rings (SSSR count). The summed E-state index contributed by atoms with van der Waals surface area (Å²) >= 11 is 1.39. The van der Waals surface area contributed by atoms with Crippen molar-refractivity contribution >= 4 is 11.8 Å². The van der Waals surface area contributed by atoms with Gasteiger partial charge in [0.05, 0.1) is 6.10 Å². The van der Waals surface area contributed by atoms with Gasteiger partial charge in [-0.3, -0.25) is 0 Å². The minimum atomic E-state index is -5.48. The van der Waals surface area contributed by atoms with E-state index < -0.39 is 24.7 Å². The lowest BCUT2D eigenvalue weighted by atomic mass is 9.52. The van der Waals surface area contributed by atoms with Crippen LogP contribution in [0.3, 0.4) is 0 Å². The maximum atomic E-state index is 15.5. The van der Waals surface area contributed by atoms with Gasteiger partial charge in [-0.25, -0.2) is 4.39 Å². The Kier molecular flexibility index (Phi) is 11.2. The van der Waals surface area contributed by atoms with E-state index in [-0.39, 0.29) is 35.4 Å². The molecule has 0 radical (unpaired) electrons. The summed E-state index contributed by atoms with van der Waals surface area (Å²) in [6, 6.07) is 5.68. The highest BCUT2D eigenvalue weighted by Gasteiger charge is 2.57. The van der Waals surface area contributed by atoms with Crippen molar-refractivity contribution in [3.05, 3.63) is 29.3 Å². The second-order valence-electron chi connectivity index (χ2n) is 13.3. The molecule has 42 heavy (non-hydrogen) atoms. The summed E-state index contributed by atoms with van der Waals surface area (Å²) < 4.78 is 78.1. The Bertz CT molecular complexity index is 1030. The Morgan fingerprint density at radius 2 is 1.76 bits per heavy atom. The fourth-order valence-corrected chi connectivity index (χ4v) is 9.08. The van der Waals surface area contributed by atoms with Gasteiger partial charge in [-0.2, -0.15) is 33.7 Å². The summed E-state index contributed by atoms with van der Waals surface area (Å²) in [5.74, 6) is -2.16. The van der Waals surface area contributed by atoms with Crippen molar-refractivity contribution in [3.8, 4) is 5.75 Å². The summed E-state index contributed by atoms with van der Waals surface area (Å²) in [4.78, 5) is 2.12. The van der Waals surface area contributed by atoms with Crippen LogP contribution >= 0.6 is 11.8 Å². The molecule has 0 heterocycles. The van der Waals surface area contributed by atoms with Gasteiger partial charge in [0, 0.05) is 6.42 Å². The van der Waals surface area contributed by atoms with Gasteiger partial charge >= 0.3 is 12.1 Å². The molecule has 0 spiro atoms. The van der Waals surface area contributed by atoms with Crippen LogP contribution in [0.5, 0.6) is 5.75 Å². The molecular formula is C32H47F6NO2S. The number of benzene rings is 1. The zero-order valence-electron chi connectivity index (χ0n) is 24.8. The molecule has 3 nitrogen and oxygen atoms in total. The number of halogens is 6. The predicted octanol–water partition coefficient (Wildman–Crippen LogP) is 8.38. The Hall–Kier alpha value is -1.13. The van der Waals surface area contributed by atoms with Crippen LogP contribution in [0.4, 0.5) is 26.3 Å². The topological polar surface area (TPSA) is 43.7 Å². The van der Waals surface area contributed by atoms with Crippen LogP contribution in [0.1, 0.15) is 88.2 Å². The third-order valence-corrected chi connectivity index (χ3v) is 11.6. The molecule has 3 aliphatic carbocycles. The third-order valence-electron chi connectivity index (χ3n) is 10.5. The van der Waals surface area contributed by atoms with Gasteiger partial charge in [-0.05, 0) is 148 Å². The van der Waals surface area contributed by atoms with Crippen LogP contribution in [-0.2, 0) is 6.42 Å². The zero-order valence-corrected chi connectivity index (χ0v) is 25.6. The Morgan fingerprint density at radius 1 is 1.05 bits per heavy atom. The number of hydrogen-bond donors (Lipinski definition) is 2. The van der Waals surface area contributed by atoms with Crippen molar-refractivity contribution in [2.24, 2.45) is 23.2 Å². The number of aromatic hydroxyl groups is 1. The lowest BCUT2D eigenvalue weighted by molar-refractivity contribution is -0.284. The standard InChI is InChI=1S/C32H47F6NO2S/c1-30-13-11-26-25-8-7-24(40)20-21(25)18-22(29(26)27(30)9-10-28(30)41)19-23(33)6-3-14-39(2)15-5-17-42-16-4-12-31(34,35)32(36,37)38/h7-8,20,22-23,26-29,40-41H,3-6,9-19H2,1-2H3/t22-,23?,26+,27-,28-,29+,30-/m0/s1. The van der Waals surface area contributed by atoms with Crippen LogP contribution in [0.25, 0.3) is 0 Å². The summed E-state index contributed by atoms with van der Waals surface area (Å²) in [7, 11) is 1.96. The summed E-state index contributed by atoms with van der Waals surface area (Å²) in [6.07, 6.45) is -1.04. The molecule has 7 atom stereocenters. The van der Waals surface area contributed by atoms with Crippen LogP contribution in [-0.4, -0.2) is 71.1 Å². The molecular weight excluding hydrogens is 576 g/mol. The number of fused-ring (bicyclic) bond motifs is 5. The second kappa shape index (κ2) is 13.9. The van der Waals surface area contributed by atoms with Crippen molar-refractivity contribution in [1.29, 1.82) is 0 Å². The van der Waals surface area contributed by atoms with Crippen LogP contribution in [0.15, 0.2) is 18.2 Å². The highest BCUT2D eigenvalue weighted by molar-refractivity contribution is 7.99. The van der Waals surface area contributed by atoms with E-state index in [4.69, 9.17) is 0 Å². The molecule has 1 aromatic rings. The number of hydrogen-bond acceptors (Lipinski definition) is 4. The number of aliphatic hydroxyl groups excluding tert-OH is 1. The number of thioether (sulfide) groups is 1. The van der Waals surface area contributed by atoms with E-state index in [1.165, 1.54) is 17.3 Å². The number of alkyl halides is 6. The van der Waals surface area contributed by atoms with Crippen LogP contribution in [0, 0.1) is 23.2 Å². The largest absolute Gasteiger partial charge is 0.508 e. The number of rotatable bonds is 14. The molecule has 3 aliphatic rings. The molecule has 0 aliphatic heterocycles. The quantitative estimate of drug-likeness (QED) is 0.161. The zero-order chi connectivity index (χ0) is 30.7. The van der Waals surface area contributed by atoms with Gasteiger partial charge in [0.25, 0.3) is 0 Å². The van der Waals surface area contributed by atoms with Crippen molar-refractivity contribution in [2.75, 3.05) is 31.6 Å². The highest BCUT2D eigenvalue weighted by atomic mass is 32.2. The SMILES string of the molecule is CN(CCCSCCCC(F)(F)C(F)(F)F)CCCC(F)C[C@@H]1Cc2cc(O)ccc2[C@H]2CC[C@]3(C)[C@@H](O)CC[C@H]3[C@H]12. The lowest BCUT2D eigenvalue weighted by Crippen LogP contribution is -2.47. The summed E-state index contributed by atoms with van der Waals surface area (Å²) in [6.45, 7) is 3.73. The van der Waals surface area contributed by atoms with Crippen molar-refractivity contribution in [3.63, 3.8) is 0 Å². The molecule has 1 aromatic carbocycles. The van der Waals surface area contributed by atoms with Gasteiger partial charge in [-0.15, -0.1) is 0 Å². The normalized spacial score (nSPS) is 30.2. The third kappa shape index (κ3) is 7.74. The minimum Gasteiger partial charge on any atom is -0.508 e. The van der Waals surface area contributed by atoms with Gasteiger partial charge in [0.15, 0.2) is 0 Å². The monoisotopic (exact) mass is 623 g/mol. The van der Waals surface area contributed by atoms with Crippen molar-refractivity contribution < 1.29 is 36.6 Å². The van der Waals surface area contributed by atoms with Crippen molar-refractivity contribution in [1.82, 2.24) is 4.90 Å². The Morgan fingerprint density at radius 3 is 2.50 bits per heavy atom. The number of phenolic OH excluding ortho intramolecular Hbond substituents is 1. The Labute approximate surface area is 250 Å². The molecule has 240 valence electrons. The van der Waals surface area contributed by atoms with Gasteiger partial charge < -0.3 is 15.1 Å². The molecule has 0 bridgehead atoms. The van der Waals surface area contributed by atoms with Crippen molar-refractivity contribution in [2.45, 2.75) is 108 Å². The van der Waals surface area contributed by atoms with E-state index in [1.807, 2.05) is 13.1 Å². The maximum Gasteiger partial charge on any atom is 0.453 e. The number of nitrogens with zero attached hydrogens (tertiary/aromatic N) is 1. The van der Waals surface area contributed by atoms with E-state index in [1.54, 1.807) is 6.07 Å². The molecule has 10 heteroatoms. The molecule has 0 saturated heterocycles. The fraction of sp³-hybridized carbons (Fsp3) is 0.812. The summed E-state index contributed by atoms with van der Waals surface area (Å²) in [5.41, 5.74) is 2.34. The lowest BCUT2D eigenvalue weighted by Gasteiger charge is -2.53. The van der Waals surface area contributed by atoms with Gasteiger partial charge in [0.1, 0.15) is 11.9 Å². The first-order valence-electron chi connectivity index (χ1n) is 15.6. The first-order chi connectivity index (χ1) is 19.7. The second-order valence-corrected chi connectivity index (χ2v) is 14.6. The van der Waals surface area contributed by atoms with Gasteiger partial charge in [0.2, 0.25) is 0 Å². The predicted molar refractivity (Wildman–Crippen MR) is 156 cm³/mol. The molecule has 2 fully saturated rings. The van der Waals surface area contributed by atoms with Crippen LogP contribution < -0.4 is 0 Å². The average Bonchev–Trinajstić information content (AvgIpc) is 3.21. The number of aliphatic hydroxyl groups is 1. The van der Waals surface area contributed by atoms with Crippen LogP contribution in [0.2, 0.25) is 0 Å². The molecule has 2 saturated carbocycles. The smallest absolute Gasteiger partial charge is 0.453 e.